The van der Waals surface area contributed by atoms with Crippen molar-refractivity contribution in [1.82, 2.24) is 15.1 Å². The fraction of sp³-hybridized carbons (Fsp3) is 0.588. The van der Waals surface area contributed by atoms with Crippen LogP contribution < -0.4 is 16.8 Å². The number of nitrogens with one attached hydrogen (secondary N) is 1. The van der Waals surface area contributed by atoms with Crippen LogP contribution in [0.3, 0.4) is 0 Å². The van der Waals surface area contributed by atoms with Crippen LogP contribution in [0.4, 0.5) is 0 Å². The largest absolute Gasteiger partial charge is 0.336 e. The predicted molar refractivity (Wildman–Crippen MR) is 186 cm³/mol. The maximum Gasteiger partial charge on any atom is 0.240 e. The average Bonchev–Trinajstić information content (AvgIpc) is 3.02. The molecule has 11 heteroatoms. The van der Waals surface area contributed by atoms with E-state index in [1.807, 2.05) is 21.9 Å². The summed E-state index contributed by atoms with van der Waals surface area (Å²) in [7, 11) is 0. The van der Waals surface area contributed by atoms with E-state index in [4.69, 9.17) is 57.9 Å². The van der Waals surface area contributed by atoms with E-state index in [1.54, 1.807) is 24.3 Å². The molecule has 0 bridgehead atoms. The molecular weight excluding hydrogens is 652 g/mol. The molecule has 1 aliphatic heterocycles. The van der Waals surface area contributed by atoms with E-state index >= 15 is 0 Å². The summed E-state index contributed by atoms with van der Waals surface area (Å²) in [6, 6.07) is 9.71. The van der Waals surface area contributed by atoms with Gasteiger partial charge in [0.05, 0.1) is 6.04 Å². The first-order valence-electron chi connectivity index (χ1n) is 16.3. The Balaban J connectivity index is 1.54. The molecule has 1 saturated carbocycles. The van der Waals surface area contributed by atoms with E-state index in [2.05, 4.69) is 5.32 Å². The molecule has 5 N–H and O–H groups in total. The molecule has 2 fully saturated rings. The second-order valence-corrected chi connectivity index (χ2v) is 14.2. The fourth-order valence-corrected chi connectivity index (χ4v) is 7.79. The molecule has 0 radical (unpaired) electrons. The molecule has 2 aromatic rings. The molecule has 4 rings (SSSR count). The van der Waals surface area contributed by atoms with Gasteiger partial charge in [-0.1, -0.05) is 90.6 Å². The Morgan fingerprint density at radius 2 is 1.51 bits per heavy atom. The van der Waals surface area contributed by atoms with Crippen LogP contribution in [0.2, 0.25) is 20.1 Å². The highest BCUT2D eigenvalue weighted by Crippen LogP contribution is 2.32. The number of nitrogens with zero attached hydrogens (tertiary/aromatic N) is 2. The van der Waals surface area contributed by atoms with Crippen LogP contribution in [0.25, 0.3) is 0 Å². The fourth-order valence-electron chi connectivity index (χ4n) is 6.81. The molecule has 1 saturated heterocycles. The lowest BCUT2D eigenvalue weighted by molar-refractivity contribution is -0.148. The van der Waals surface area contributed by atoms with E-state index in [9.17, 15) is 9.59 Å². The standard InChI is InChI=1S/C34H47Cl4N5O2/c35-26-11-8-24(30(37)19-26)10-13-33(44)42-22-29(17-23-5-2-1-3-6-23)43(21-28(42)7-4-15-41-16-14-39)34(45)32(40)18-25-9-12-27(36)20-31(25)38/h8-9,11-12,19-20,23,28-29,32,41H,1-7,10,13-18,21-22,39-40H2/t28?,29-,32?/m1/s1. The number of rotatable bonds is 14. The minimum Gasteiger partial charge on any atom is -0.336 e. The SMILES string of the molecule is NCCNCCCC1CN(C(=O)C(N)Cc2ccc(Cl)cc2Cl)[C@H](CC2CCCCC2)CN1C(=O)CCc1ccc(Cl)cc1Cl. The van der Waals surface area contributed by atoms with Crippen LogP contribution in [0.15, 0.2) is 36.4 Å². The van der Waals surface area contributed by atoms with Crippen molar-refractivity contribution in [3.63, 3.8) is 0 Å². The van der Waals surface area contributed by atoms with Crippen LogP contribution in [0.1, 0.15) is 68.9 Å². The Hall–Kier alpha value is -1.58. The number of benzene rings is 2. The van der Waals surface area contributed by atoms with E-state index in [0.717, 1.165) is 56.3 Å². The molecule has 1 aliphatic carbocycles. The summed E-state index contributed by atoms with van der Waals surface area (Å²) in [6.45, 7) is 3.07. The Morgan fingerprint density at radius 1 is 0.867 bits per heavy atom. The van der Waals surface area contributed by atoms with Gasteiger partial charge in [0.1, 0.15) is 0 Å². The molecule has 248 valence electrons. The highest BCUT2D eigenvalue weighted by atomic mass is 35.5. The Labute approximate surface area is 288 Å². The minimum atomic E-state index is -0.751. The maximum absolute atomic E-state index is 14.1. The minimum absolute atomic E-state index is 0.0823. The van der Waals surface area contributed by atoms with E-state index in [1.165, 1.54) is 19.3 Å². The zero-order valence-corrected chi connectivity index (χ0v) is 29.0. The summed E-state index contributed by atoms with van der Waals surface area (Å²) in [4.78, 5) is 32.1. The molecule has 45 heavy (non-hydrogen) atoms. The maximum atomic E-state index is 14.1. The van der Waals surface area contributed by atoms with Crippen LogP contribution in [-0.4, -0.2) is 72.5 Å². The molecule has 0 spiro atoms. The van der Waals surface area contributed by atoms with Gasteiger partial charge in [0.25, 0.3) is 0 Å². The first kappa shape index (κ1) is 36.3. The number of carbonyl (C=O) groups excluding carboxylic acids is 2. The van der Waals surface area contributed by atoms with Crippen molar-refractivity contribution in [2.45, 2.75) is 88.8 Å². The Kier molecular flexibility index (Phi) is 14.6. The highest BCUT2D eigenvalue weighted by Gasteiger charge is 2.40. The summed E-state index contributed by atoms with van der Waals surface area (Å²) in [6.07, 6.45) is 9.68. The number of carbonyl (C=O) groups is 2. The molecule has 2 aromatic carbocycles. The average molecular weight is 700 g/mol. The molecule has 2 amide bonds. The lowest BCUT2D eigenvalue weighted by Gasteiger charge is -2.48. The number of aryl methyl sites for hydroxylation is 1. The topological polar surface area (TPSA) is 105 Å². The summed E-state index contributed by atoms with van der Waals surface area (Å²) < 4.78 is 0. The second kappa shape index (κ2) is 18.1. The van der Waals surface area contributed by atoms with Crippen molar-refractivity contribution in [2.24, 2.45) is 17.4 Å². The zero-order valence-electron chi connectivity index (χ0n) is 26.0. The van der Waals surface area contributed by atoms with Gasteiger partial charge in [-0.2, -0.15) is 0 Å². The Bertz CT molecular complexity index is 1280. The van der Waals surface area contributed by atoms with Crippen molar-refractivity contribution < 1.29 is 9.59 Å². The second-order valence-electron chi connectivity index (χ2n) is 12.5. The normalized spacial score (nSPS) is 20.0. The monoisotopic (exact) mass is 697 g/mol. The number of amides is 2. The summed E-state index contributed by atoms with van der Waals surface area (Å²) in [5.74, 6) is 0.523. The van der Waals surface area contributed by atoms with Gasteiger partial charge in [-0.05, 0) is 80.0 Å². The van der Waals surface area contributed by atoms with Crippen molar-refractivity contribution in [2.75, 3.05) is 32.7 Å². The lowest BCUT2D eigenvalue weighted by atomic mass is 9.83. The van der Waals surface area contributed by atoms with Crippen LogP contribution >= 0.6 is 46.4 Å². The molecule has 7 nitrogen and oxygen atoms in total. The third-order valence-electron chi connectivity index (χ3n) is 9.24. The van der Waals surface area contributed by atoms with E-state index in [0.29, 0.717) is 64.9 Å². The first-order valence-corrected chi connectivity index (χ1v) is 17.8. The van der Waals surface area contributed by atoms with Crippen molar-refractivity contribution >= 4 is 58.2 Å². The smallest absolute Gasteiger partial charge is 0.240 e. The number of hydrogen-bond donors (Lipinski definition) is 3. The van der Waals surface area contributed by atoms with Crippen LogP contribution in [0.5, 0.6) is 0 Å². The third kappa shape index (κ3) is 10.7. The molecule has 2 aliphatic rings. The van der Waals surface area contributed by atoms with Gasteiger partial charge >= 0.3 is 0 Å². The number of nitrogens with two attached hydrogens (primary N) is 2. The summed E-state index contributed by atoms with van der Waals surface area (Å²) in [5.41, 5.74) is 14.0. The van der Waals surface area contributed by atoms with Gasteiger partial charge in [-0.15, -0.1) is 0 Å². The van der Waals surface area contributed by atoms with Gasteiger partial charge in [-0.3, -0.25) is 9.59 Å². The highest BCUT2D eigenvalue weighted by molar-refractivity contribution is 6.35. The quantitative estimate of drug-likeness (QED) is 0.195. The molecule has 1 heterocycles. The first-order chi connectivity index (χ1) is 21.7. The molecule has 0 aromatic heterocycles. The van der Waals surface area contributed by atoms with Gasteiger partial charge in [0, 0.05) is 64.8 Å². The van der Waals surface area contributed by atoms with E-state index < -0.39 is 6.04 Å². The Morgan fingerprint density at radius 3 is 2.16 bits per heavy atom. The predicted octanol–water partition coefficient (Wildman–Crippen LogP) is 6.51. The van der Waals surface area contributed by atoms with Gasteiger partial charge in [-0.25, -0.2) is 0 Å². The number of piperazine rings is 1. The number of hydrogen-bond acceptors (Lipinski definition) is 5. The summed E-state index contributed by atoms with van der Waals surface area (Å²) in [5, 5.41) is 5.53. The van der Waals surface area contributed by atoms with E-state index in [-0.39, 0.29) is 23.9 Å². The third-order valence-corrected chi connectivity index (χ3v) is 10.4. The van der Waals surface area contributed by atoms with Crippen LogP contribution in [0, 0.1) is 5.92 Å². The van der Waals surface area contributed by atoms with Crippen molar-refractivity contribution in [1.29, 1.82) is 0 Å². The van der Waals surface area contributed by atoms with Gasteiger partial charge in [0.15, 0.2) is 0 Å². The molecule has 2 unspecified atom stereocenters. The van der Waals surface area contributed by atoms with Crippen molar-refractivity contribution in [3.8, 4) is 0 Å². The van der Waals surface area contributed by atoms with Gasteiger partial charge < -0.3 is 26.6 Å². The summed E-state index contributed by atoms with van der Waals surface area (Å²) >= 11 is 25.1. The lowest BCUT2D eigenvalue weighted by Crippen LogP contribution is -2.64. The zero-order chi connectivity index (χ0) is 32.3. The molecular formula is C34H47Cl4N5O2. The molecule has 3 atom stereocenters. The number of halogens is 4. The van der Waals surface area contributed by atoms with Crippen LogP contribution in [-0.2, 0) is 22.4 Å². The van der Waals surface area contributed by atoms with Gasteiger partial charge in [0.2, 0.25) is 11.8 Å². The van der Waals surface area contributed by atoms with Crippen molar-refractivity contribution in [3.05, 3.63) is 67.6 Å².